The second-order valence-corrected chi connectivity index (χ2v) is 9.75. The number of Topliss-reactive ketones (excluding diaryl/α,β-unsaturated/α-hetero) is 1. The van der Waals surface area contributed by atoms with Gasteiger partial charge in [0.2, 0.25) is 0 Å². The van der Waals surface area contributed by atoms with Gasteiger partial charge in [-0.3, -0.25) is 9.59 Å². The number of halogens is 2. The molecule has 0 heterocycles. The fraction of sp³-hybridized carbons (Fsp3) is 0.727. The van der Waals surface area contributed by atoms with E-state index >= 15 is 4.39 Å². The summed E-state index contributed by atoms with van der Waals surface area (Å²) in [5, 5.41) is 32.0. The van der Waals surface area contributed by atoms with Crippen LogP contribution < -0.4 is 0 Å². The van der Waals surface area contributed by atoms with E-state index in [1.54, 1.807) is 26.8 Å². The molecular weight excluding hydrogens is 443 g/mol. The highest BCUT2D eigenvalue weighted by Gasteiger charge is 2.75. The molecule has 3 N–H and O–H groups in total. The molecule has 29 heavy (non-hydrogen) atoms. The molecule has 0 aromatic rings. The Bertz CT molecular complexity index is 811. The summed E-state index contributed by atoms with van der Waals surface area (Å²) in [5.74, 6) is -2.12. The van der Waals surface area contributed by atoms with Gasteiger partial charge in [-0.25, -0.2) is 4.39 Å². The van der Waals surface area contributed by atoms with Crippen molar-refractivity contribution < 1.29 is 29.3 Å². The summed E-state index contributed by atoms with van der Waals surface area (Å²) >= 11 is 0. The first-order valence-corrected chi connectivity index (χ1v) is 10.1. The van der Waals surface area contributed by atoms with Crippen molar-refractivity contribution >= 4 is 28.5 Å². The van der Waals surface area contributed by atoms with Crippen molar-refractivity contribution in [1.82, 2.24) is 0 Å². The zero-order valence-electron chi connectivity index (χ0n) is 17.0. The van der Waals surface area contributed by atoms with Gasteiger partial charge in [-0.1, -0.05) is 25.5 Å². The normalized spacial score (nSPS) is 50.7. The first kappa shape index (κ1) is 22.8. The number of alkyl halides is 1. The van der Waals surface area contributed by atoms with Gasteiger partial charge in [0.25, 0.3) is 0 Å². The fourth-order valence-corrected chi connectivity index (χ4v) is 7.26. The highest BCUT2D eigenvalue weighted by molar-refractivity contribution is 8.93. The molecule has 4 aliphatic rings. The van der Waals surface area contributed by atoms with E-state index in [4.69, 9.17) is 0 Å². The third-order valence-corrected chi connectivity index (χ3v) is 8.79. The maximum Gasteiger partial charge on any atom is 0.190 e. The monoisotopic (exact) mass is 472 g/mol. The first-order chi connectivity index (χ1) is 13.0. The van der Waals surface area contributed by atoms with Gasteiger partial charge < -0.3 is 15.3 Å². The Morgan fingerprint density at radius 1 is 1.31 bits per heavy atom. The van der Waals surface area contributed by atoms with Crippen molar-refractivity contribution in [3.63, 3.8) is 0 Å². The Morgan fingerprint density at radius 2 is 1.97 bits per heavy atom. The standard InChI is InChI=1S/C22H29FO5.BrH/c1-12-8-16-15-5-4-13-9-14(25)6-7-19(13,2)21(15,23)17(26)10-20(16,3)22(12,28)18(27)11-24;/h6-7,9,12,15-17,24,26,28H,4-5,8,10-11H2,1-3H3;1H/t12-,15+,16+,17+,19+,20+,21+,22+;/m1./s1. The summed E-state index contributed by atoms with van der Waals surface area (Å²) in [6.07, 6.45) is 4.44. The largest absolute Gasteiger partial charge is 0.390 e. The highest BCUT2D eigenvalue weighted by atomic mass is 79.9. The third kappa shape index (κ3) is 2.47. The maximum atomic E-state index is 16.9. The molecule has 162 valence electrons. The average molecular weight is 473 g/mol. The summed E-state index contributed by atoms with van der Waals surface area (Å²) in [6, 6.07) is 0. The van der Waals surface area contributed by atoms with Gasteiger partial charge in [-0.05, 0) is 56.6 Å². The molecule has 0 saturated heterocycles. The van der Waals surface area contributed by atoms with Crippen LogP contribution in [0.2, 0.25) is 0 Å². The van der Waals surface area contributed by atoms with Crippen LogP contribution in [0, 0.1) is 28.6 Å². The molecule has 3 fully saturated rings. The van der Waals surface area contributed by atoms with Crippen LogP contribution in [0.3, 0.4) is 0 Å². The lowest BCUT2D eigenvalue weighted by Crippen LogP contribution is -2.69. The minimum atomic E-state index is -1.98. The van der Waals surface area contributed by atoms with Crippen LogP contribution in [0.1, 0.15) is 46.5 Å². The van der Waals surface area contributed by atoms with Gasteiger partial charge >= 0.3 is 0 Å². The number of allylic oxidation sites excluding steroid dienone is 4. The summed E-state index contributed by atoms with van der Waals surface area (Å²) in [4.78, 5) is 24.4. The molecule has 0 amide bonds. The zero-order chi connectivity index (χ0) is 20.7. The lowest BCUT2D eigenvalue weighted by atomic mass is 9.44. The van der Waals surface area contributed by atoms with Gasteiger partial charge in [0.15, 0.2) is 17.2 Å². The van der Waals surface area contributed by atoms with Crippen LogP contribution in [-0.2, 0) is 9.59 Å². The number of ketones is 2. The van der Waals surface area contributed by atoms with Crippen LogP contribution in [0.5, 0.6) is 0 Å². The van der Waals surface area contributed by atoms with E-state index in [0.29, 0.717) is 24.8 Å². The van der Waals surface area contributed by atoms with E-state index in [2.05, 4.69) is 0 Å². The molecule has 3 saturated carbocycles. The van der Waals surface area contributed by atoms with Crippen molar-refractivity contribution in [2.24, 2.45) is 28.6 Å². The number of aliphatic hydroxyl groups excluding tert-OH is 2. The molecule has 0 unspecified atom stereocenters. The molecule has 0 aliphatic heterocycles. The Hall–Kier alpha value is -0.890. The fourth-order valence-electron chi connectivity index (χ4n) is 7.26. The van der Waals surface area contributed by atoms with Gasteiger partial charge in [0.1, 0.15) is 12.2 Å². The quantitative estimate of drug-likeness (QED) is 0.573. The summed E-state index contributed by atoms with van der Waals surface area (Å²) in [6.45, 7) is 4.48. The topological polar surface area (TPSA) is 94.8 Å². The van der Waals surface area contributed by atoms with E-state index < -0.39 is 52.4 Å². The Morgan fingerprint density at radius 3 is 2.59 bits per heavy atom. The van der Waals surface area contributed by atoms with Gasteiger partial charge in [-0.2, -0.15) is 0 Å². The number of carbonyl (C=O) groups is 2. The lowest BCUT2D eigenvalue weighted by molar-refractivity contribution is -0.219. The van der Waals surface area contributed by atoms with Crippen molar-refractivity contribution in [2.45, 2.75) is 63.8 Å². The predicted octanol–water partition coefficient (Wildman–Crippen LogP) is 2.47. The zero-order valence-corrected chi connectivity index (χ0v) is 18.7. The Labute approximate surface area is 180 Å². The summed E-state index contributed by atoms with van der Waals surface area (Å²) < 4.78 is 16.9. The number of aliphatic hydroxyl groups is 3. The minimum Gasteiger partial charge on any atom is -0.390 e. The van der Waals surface area contributed by atoms with Crippen LogP contribution in [0.25, 0.3) is 0 Å². The van der Waals surface area contributed by atoms with E-state index in [-0.39, 0.29) is 35.1 Å². The van der Waals surface area contributed by atoms with Crippen molar-refractivity contribution in [3.05, 3.63) is 23.8 Å². The second-order valence-electron chi connectivity index (χ2n) is 9.75. The number of fused-ring (bicyclic) bond motifs is 5. The van der Waals surface area contributed by atoms with Crippen LogP contribution in [-0.4, -0.2) is 50.9 Å². The lowest BCUT2D eigenvalue weighted by Gasteiger charge is -2.62. The highest BCUT2D eigenvalue weighted by Crippen LogP contribution is 2.70. The van der Waals surface area contributed by atoms with Gasteiger partial charge in [-0.15, -0.1) is 17.0 Å². The Balaban J connectivity index is 0.00000240. The molecular formula is C22H30BrFO5. The molecule has 5 nitrogen and oxygen atoms in total. The minimum absolute atomic E-state index is 0. The number of rotatable bonds is 2. The Kier molecular flexibility index (Phi) is 5.35. The molecule has 0 spiro atoms. The van der Waals surface area contributed by atoms with Crippen LogP contribution in [0.4, 0.5) is 4.39 Å². The van der Waals surface area contributed by atoms with Crippen molar-refractivity contribution in [1.29, 1.82) is 0 Å². The van der Waals surface area contributed by atoms with E-state index in [9.17, 15) is 24.9 Å². The van der Waals surface area contributed by atoms with Crippen molar-refractivity contribution in [3.8, 4) is 0 Å². The number of hydrogen-bond donors (Lipinski definition) is 3. The van der Waals surface area contributed by atoms with Crippen LogP contribution >= 0.6 is 17.0 Å². The van der Waals surface area contributed by atoms with E-state index in [0.717, 1.165) is 0 Å². The van der Waals surface area contributed by atoms with Crippen molar-refractivity contribution in [2.75, 3.05) is 6.61 Å². The molecule has 0 bridgehead atoms. The van der Waals surface area contributed by atoms with E-state index in [1.807, 2.05) is 0 Å². The number of hydrogen-bond acceptors (Lipinski definition) is 5. The molecule has 7 heteroatoms. The molecule has 8 atom stereocenters. The molecule has 4 rings (SSSR count). The van der Waals surface area contributed by atoms with Gasteiger partial charge in [0, 0.05) is 16.7 Å². The van der Waals surface area contributed by atoms with Crippen LogP contribution in [0.15, 0.2) is 23.8 Å². The molecule has 0 radical (unpaired) electrons. The summed E-state index contributed by atoms with van der Waals surface area (Å²) in [5.41, 5.74) is -5.17. The SMILES string of the molecule is Br.C[C@@H]1C[C@H]2[C@@H]3CCC4=CC(=O)C=C[C@]4(C)[C@@]3(F)[C@@H](O)C[C@]2(C)[C@@]1(O)C(=O)CO. The second kappa shape index (κ2) is 6.81. The average Bonchev–Trinajstić information content (AvgIpc) is 2.84. The smallest absolute Gasteiger partial charge is 0.190 e. The molecule has 0 aromatic carbocycles. The molecule has 0 aromatic heterocycles. The maximum absolute atomic E-state index is 16.9. The summed E-state index contributed by atoms with van der Waals surface area (Å²) in [7, 11) is 0. The van der Waals surface area contributed by atoms with Gasteiger partial charge in [0.05, 0.1) is 6.10 Å². The molecule has 4 aliphatic carbocycles. The first-order valence-electron chi connectivity index (χ1n) is 10.1. The number of carbonyl (C=O) groups excluding carboxylic acids is 2. The third-order valence-electron chi connectivity index (χ3n) is 8.79. The van der Waals surface area contributed by atoms with E-state index in [1.165, 1.54) is 12.2 Å². The predicted molar refractivity (Wildman–Crippen MR) is 110 cm³/mol.